The smallest absolute Gasteiger partial charge is 0.768 e. The number of fused-ring (bicyclic) bond motifs is 1. The standard InChI is InChI=1S/C10H7IO2S.Na/c11-10-3-1-2-7-4-5-8(14(12)13)6-9(7)10;/h1-6H,(H,12,13);/q;+1/p-1. The number of hydrogen-bond donors (Lipinski definition) is 0. The van der Waals surface area contributed by atoms with E-state index in [2.05, 4.69) is 22.6 Å². The molecule has 0 bridgehead atoms. The molecule has 15 heavy (non-hydrogen) atoms. The fraction of sp³-hybridized carbons (Fsp3) is 0. The van der Waals surface area contributed by atoms with Gasteiger partial charge in [-0.2, -0.15) is 0 Å². The molecule has 72 valence electrons. The molecule has 5 heteroatoms. The summed E-state index contributed by atoms with van der Waals surface area (Å²) in [6.45, 7) is 0. The van der Waals surface area contributed by atoms with Gasteiger partial charge in [0.15, 0.2) is 0 Å². The maximum atomic E-state index is 10.8. The molecule has 0 spiro atoms. The van der Waals surface area contributed by atoms with Crippen LogP contribution in [0, 0.1) is 3.57 Å². The summed E-state index contributed by atoms with van der Waals surface area (Å²) in [6.07, 6.45) is 0. The van der Waals surface area contributed by atoms with Crippen LogP contribution in [0.3, 0.4) is 0 Å². The van der Waals surface area contributed by atoms with Gasteiger partial charge in [-0.3, -0.25) is 4.21 Å². The maximum absolute atomic E-state index is 10.8. The molecule has 0 aliphatic carbocycles. The van der Waals surface area contributed by atoms with E-state index < -0.39 is 11.1 Å². The Hall–Kier alpha value is 0.540. The van der Waals surface area contributed by atoms with Gasteiger partial charge in [-0.05, 0) is 62.6 Å². The Morgan fingerprint density at radius 1 is 1.20 bits per heavy atom. The Balaban J connectivity index is 0.00000112. The Kier molecular flexibility index (Phi) is 5.21. The molecule has 0 aliphatic heterocycles. The van der Waals surface area contributed by atoms with Gasteiger partial charge >= 0.3 is 29.6 Å². The summed E-state index contributed by atoms with van der Waals surface area (Å²) in [4.78, 5) is 0.335. The molecular formula is C10H6INaO2S. The van der Waals surface area contributed by atoms with Crippen molar-refractivity contribution in [3.8, 4) is 0 Å². The summed E-state index contributed by atoms with van der Waals surface area (Å²) in [5.41, 5.74) is 0. The first kappa shape index (κ1) is 13.6. The molecule has 1 atom stereocenters. The second-order valence-electron chi connectivity index (χ2n) is 2.86. The second-order valence-corrected chi connectivity index (χ2v) is 4.96. The van der Waals surface area contributed by atoms with Crippen LogP contribution in [0.15, 0.2) is 41.3 Å². The predicted octanol–water partition coefficient (Wildman–Crippen LogP) is -0.314. The molecule has 0 heterocycles. The largest absolute Gasteiger partial charge is 1.00 e. The molecule has 0 aliphatic rings. The van der Waals surface area contributed by atoms with Crippen molar-refractivity contribution in [2.24, 2.45) is 0 Å². The summed E-state index contributed by atoms with van der Waals surface area (Å²) in [6, 6.07) is 11.0. The van der Waals surface area contributed by atoms with E-state index in [4.69, 9.17) is 0 Å². The fourth-order valence-electron chi connectivity index (χ4n) is 1.32. The molecule has 0 saturated heterocycles. The predicted molar refractivity (Wildman–Crippen MR) is 63.9 cm³/mol. The zero-order chi connectivity index (χ0) is 10.1. The van der Waals surface area contributed by atoms with Crippen LogP contribution in [0.4, 0.5) is 0 Å². The first-order chi connectivity index (χ1) is 6.68. The van der Waals surface area contributed by atoms with E-state index in [0.717, 1.165) is 14.3 Å². The molecule has 0 saturated carbocycles. The first-order valence-electron chi connectivity index (χ1n) is 3.96. The van der Waals surface area contributed by atoms with E-state index in [1.807, 2.05) is 24.3 Å². The fourth-order valence-corrected chi connectivity index (χ4v) is 2.39. The van der Waals surface area contributed by atoms with Crippen molar-refractivity contribution >= 4 is 44.4 Å². The van der Waals surface area contributed by atoms with Crippen LogP contribution in [-0.2, 0) is 11.1 Å². The molecule has 0 fully saturated rings. The quantitative estimate of drug-likeness (QED) is 0.406. The second kappa shape index (κ2) is 5.75. The van der Waals surface area contributed by atoms with Crippen LogP contribution in [-0.4, -0.2) is 8.76 Å². The van der Waals surface area contributed by atoms with Gasteiger partial charge in [-0.15, -0.1) is 0 Å². The average molecular weight is 340 g/mol. The van der Waals surface area contributed by atoms with E-state index in [1.165, 1.54) is 0 Å². The number of rotatable bonds is 1. The van der Waals surface area contributed by atoms with E-state index in [1.54, 1.807) is 12.1 Å². The summed E-state index contributed by atoms with van der Waals surface area (Å²) < 4.78 is 22.6. The van der Waals surface area contributed by atoms with E-state index >= 15 is 0 Å². The molecule has 2 aromatic carbocycles. The first-order valence-corrected chi connectivity index (χ1v) is 6.11. The Morgan fingerprint density at radius 3 is 2.60 bits per heavy atom. The van der Waals surface area contributed by atoms with E-state index in [9.17, 15) is 8.76 Å². The van der Waals surface area contributed by atoms with Gasteiger partial charge < -0.3 is 4.55 Å². The minimum atomic E-state index is -2.15. The molecule has 2 aromatic rings. The van der Waals surface area contributed by atoms with E-state index in [-0.39, 0.29) is 29.6 Å². The molecule has 0 radical (unpaired) electrons. The van der Waals surface area contributed by atoms with Gasteiger partial charge in [0, 0.05) is 8.47 Å². The normalized spacial score (nSPS) is 12.1. The summed E-state index contributed by atoms with van der Waals surface area (Å²) >= 11 is 0.0506. The van der Waals surface area contributed by atoms with Crippen molar-refractivity contribution in [1.29, 1.82) is 0 Å². The van der Waals surface area contributed by atoms with Gasteiger partial charge in [0.05, 0.1) is 0 Å². The minimum absolute atomic E-state index is 0. The van der Waals surface area contributed by atoms with Crippen molar-refractivity contribution < 1.29 is 38.3 Å². The minimum Gasteiger partial charge on any atom is -0.768 e. The van der Waals surface area contributed by atoms with Crippen LogP contribution in [0.2, 0.25) is 0 Å². The maximum Gasteiger partial charge on any atom is 1.00 e. The Morgan fingerprint density at radius 2 is 1.93 bits per heavy atom. The van der Waals surface area contributed by atoms with Crippen LogP contribution >= 0.6 is 22.6 Å². The van der Waals surface area contributed by atoms with Crippen molar-refractivity contribution in [3.05, 3.63) is 40.0 Å². The van der Waals surface area contributed by atoms with Crippen LogP contribution in [0.1, 0.15) is 0 Å². The van der Waals surface area contributed by atoms with Crippen molar-refractivity contribution in [3.63, 3.8) is 0 Å². The topological polar surface area (TPSA) is 40.1 Å². The SMILES string of the molecule is O=S([O-])c1ccc2cccc(I)c2c1.[Na+]. The summed E-state index contributed by atoms with van der Waals surface area (Å²) in [5, 5.41) is 2.04. The number of benzene rings is 2. The van der Waals surface area contributed by atoms with Crippen LogP contribution in [0.25, 0.3) is 10.8 Å². The number of halogens is 1. The van der Waals surface area contributed by atoms with Crippen molar-refractivity contribution in [1.82, 2.24) is 0 Å². The monoisotopic (exact) mass is 340 g/mol. The molecular weight excluding hydrogens is 334 g/mol. The van der Waals surface area contributed by atoms with Crippen molar-refractivity contribution in [2.45, 2.75) is 4.90 Å². The zero-order valence-electron chi connectivity index (χ0n) is 8.07. The third-order valence-corrected chi connectivity index (χ3v) is 3.57. The van der Waals surface area contributed by atoms with Gasteiger partial charge in [-0.25, -0.2) is 0 Å². The molecule has 2 rings (SSSR count). The van der Waals surface area contributed by atoms with Gasteiger partial charge in [-0.1, -0.05) is 18.2 Å². The Labute approximate surface area is 126 Å². The number of hydrogen-bond acceptors (Lipinski definition) is 2. The third kappa shape index (κ3) is 3.01. The Bertz CT molecular complexity index is 516. The van der Waals surface area contributed by atoms with Crippen molar-refractivity contribution in [2.75, 3.05) is 0 Å². The molecule has 1 unspecified atom stereocenters. The zero-order valence-corrected chi connectivity index (χ0v) is 13.0. The summed E-state index contributed by atoms with van der Waals surface area (Å²) in [5.74, 6) is 0. The third-order valence-electron chi connectivity index (χ3n) is 1.99. The van der Waals surface area contributed by atoms with Gasteiger partial charge in [0.25, 0.3) is 0 Å². The van der Waals surface area contributed by atoms with Crippen LogP contribution in [0.5, 0.6) is 0 Å². The summed E-state index contributed by atoms with van der Waals surface area (Å²) in [7, 11) is 0. The molecule has 0 amide bonds. The van der Waals surface area contributed by atoms with Crippen LogP contribution < -0.4 is 29.6 Å². The van der Waals surface area contributed by atoms with Gasteiger partial charge in [0.2, 0.25) is 0 Å². The van der Waals surface area contributed by atoms with Gasteiger partial charge in [0.1, 0.15) is 0 Å². The molecule has 0 N–H and O–H groups in total. The molecule has 0 aromatic heterocycles. The average Bonchev–Trinajstić information content (AvgIpc) is 2.18. The van der Waals surface area contributed by atoms with E-state index in [0.29, 0.717) is 4.90 Å². The molecule has 2 nitrogen and oxygen atoms in total.